The van der Waals surface area contributed by atoms with Crippen LogP contribution in [-0.4, -0.2) is 40.4 Å². The van der Waals surface area contributed by atoms with E-state index in [4.69, 9.17) is 4.74 Å². The molecule has 0 saturated carbocycles. The summed E-state index contributed by atoms with van der Waals surface area (Å²) < 4.78 is 6.49. The molecule has 1 amide bonds. The van der Waals surface area contributed by atoms with Gasteiger partial charge < -0.3 is 10.1 Å². The Morgan fingerprint density at radius 3 is 2.75 bits per heavy atom. The molecule has 0 radical (unpaired) electrons. The lowest BCUT2D eigenvalue weighted by molar-refractivity contribution is -0.121. The van der Waals surface area contributed by atoms with E-state index in [1.807, 2.05) is 37.3 Å². The molecule has 2 aromatic heterocycles. The van der Waals surface area contributed by atoms with Crippen LogP contribution in [0.15, 0.2) is 53.6 Å². The van der Waals surface area contributed by atoms with Crippen LogP contribution >= 0.6 is 0 Å². The van der Waals surface area contributed by atoms with Crippen molar-refractivity contribution in [1.82, 2.24) is 20.1 Å². The van der Waals surface area contributed by atoms with Gasteiger partial charge in [0.25, 0.3) is 5.56 Å². The zero-order valence-electron chi connectivity index (χ0n) is 15.9. The first kappa shape index (κ1) is 19.7. The number of amides is 1. The molecule has 0 aliphatic carbocycles. The number of ether oxygens (including phenoxy) is 1. The van der Waals surface area contributed by atoms with E-state index in [-0.39, 0.29) is 18.0 Å². The maximum atomic E-state index is 12.8. The van der Waals surface area contributed by atoms with Crippen molar-refractivity contribution < 1.29 is 9.53 Å². The highest BCUT2D eigenvalue weighted by Crippen LogP contribution is 2.16. The number of benzene rings is 1. The number of hydrogen-bond donors (Lipinski definition) is 1. The molecule has 2 heterocycles. The molecule has 0 aliphatic rings. The van der Waals surface area contributed by atoms with Gasteiger partial charge >= 0.3 is 0 Å². The number of carbonyl (C=O) groups excluding carboxylic acids is 1. The highest BCUT2D eigenvalue weighted by atomic mass is 16.5. The number of rotatable bonds is 9. The number of carbonyl (C=O) groups is 1. The van der Waals surface area contributed by atoms with E-state index in [0.717, 1.165) is 23.1 Å². The Morgan fingerprint density at radius 2 is 2.00 bits per heavy atom. The molecule has 28 heavy (non-hydrogen) atoms. The monoisotopic (exact) mass is 380 g/mol. The second-order valence-corrected chi connectivity index (χ2v) is 6.39. The molecule has 1 aromatic carbocycles. The van der Waals surface area contributed by atoms with Crippen molar-refractivity contribution in [2.24, 2.45) is 0 Å². The Morgan fingerprint density at radius 1 is 1.18 bits per heavy atom. The summed E-state index contributed by atoms with van der Waals surface area (Å²) in [6.45, 7) is 3.58. The number of hydrogen-bond acceptors (Lipinski definition) is 5. The molecular weight excluding hydrogens is 356 g/mol. The molecule has 3 aromatic rings. The van der Waals surface area contributed by atoms with Gasteiger partial charge in [0.2, 0.25) is 5.91 Å². The molecule has 3 rings (SSSR count). The van der Waals surface area contributed by atoms with Crippen molar-refractivity contribution >= 4 is 16.7 Å². The normalized spacial score (nSPS) is 10.9. The third-order valence-corrected chi connectivity index (χ3v) is 4.32. The number of nitrogens with one attached hydrogen (secondary N) is 1. The van der Waals surface area contributed by atoms with E-state index in [9.17, 15) is 9.59 Å². The lowest BCUT2D eigenvalue weighted by Gasteiger charge is -2.11. The van der Waals surface area contributed by atoms with Gasteiger partial charge in [-0.05, 0) is 31.0 Å². The van der Waals surface area contributed by atoms with Gasteiger partial charge in [-0.2, -0.15) is 5.10 Å². The summed E-state index contributed by atoms with van der Waals surface area (Å²) in [6.07, 6.45) is 4.75. The van der Waals surface area contributed by atoms with E-state index in [2.05, 4.69) is 15.4 Å². The minimum Gasteiger partial charge on any atom is -0.382 e. The highest BCUT2D eigenvalue weighted by molar-refractivity contribution is 5.84. The molecule has 146 valence electrons. The van der Waals surface area contributed by atoms with Gasteiger partial charge in [-0.25, -0.2) is 4.68 Å². The van der Waals surface area contributed by atoms with E-state index < -0.39 is 0 Å². The first-order valence-electron chi connectivity index (χ1n) is 9.41. The van der Waals surface area contributed by atoms with Gasteiger partial charge in [0.05, 0.1) is 11.1 Å². The third-order valence-electron chi connectivity index (χ3n) is 4.32. The van der Waals surface area contributed by atoms with Gasteiger partial charge in [0, 0.05) is 44.0 Å². The molecule has 0 saturated heterocycles. The average molecular weight is 380 g/mol. The van der Waals surface area contributed by atoms with Crippen molar-refractivity contribution in [2.45, 2.75) is 26.3 Å². The molecule has 0 bridgehead atoms. The van der Waals surface area contributed by atoms with E-state index >= 15 is 0 Å². The van der Waals surface area contributed by atoms with Gasteiger partial charge in [-0.15, -0.1) is 0 Å². The van der Waals surface area contributed by atoms with Gasteiger partial charge in [-0.1, -0.05) is 24.3 Å². The Kier molecular flexibility index (Phi) is 6.86. The summed E-state index contributed by atoms with van der Waals surface area (Å²) in [6, 6.07) is 11.2. The Bertz CT molecular complexity index is 986. The first-order chi connectivity index (χ1) is 13.7. The van der Waals surface area contributed by atoms with Crippen LogP contribution in [-0.2, 0) is 22.5 Å². The van der Waals surface area contributed by atoms with Crippen molar-refractivity contribution in [3.05, 3.63) is 70.4 Å². The minimum absolute atomic E-state index is 0.113. The number of nitrogens with zero attached hydrogens (tertiary/aromatic N) is 3. The molecule has 0 atom stereocenters. The number of fused-ring (bicyclic) bond motifs is 1. The Labute approximate surface area is 163 Å². The zero-order chi connectivity index (χ0) is 19.8. The number of aromatic nitrogens is 3. The summed E-state index contributed by atoms with van der Waals surface area (Å²) in [5.74, 6) is -0.242. The minimum atomic E-state index is -0.269. The topological polar surface area (TPSA) is 86.1 Å². The fourth-order valence-electron chi connectivity index (χ4n) is 2.98. The lowest BCUT2D eigenvalue weighted by Crippen LogP contribution is -2.35. The Balaban J connectivity index is 1.81. The fourth-order valence-corrected chi connectivity index (χ4v) is 2.98. The second kappa shape index (κ2) is 9.75. The van der Waals surface area contributed by atoms with Crippen molar-refractivity contribution in [1.29, 1.82) is 0 Å². The summed E-state index contributed by atoms with van der Waals surface area (Å²) >= 11 is 0. The molecule has 0 fully saturated rings. The summed E-state index contributed by atoms with van der Waals surface area (Å²) in [5.41, 5.74) is 1.47. The molecule has 7 nitrogen and oxygen atoms in total. The largest absolute Gasteiger partial charge is 0.382 e. The van der Waals surface area contributed by atoms with Crippen molar-refractivity contribution in [3.8, 4) is 0 Å². The standard InChI is InChI=1S/C21H24N4O3/c1-2-28-12-6-11-23-20(26)15-25-21(27)18-9-4-3-8-17(18)19(24-25)13-16-7-5-10-22-14-16/h3-5,7-10,14H,2,6,11-13,15H2,1H3,(H,23,26). The fraction of sp³-hybridized carbons (Fsp3) is 0.333. The van der Waals surface area contributed by atoms with Crippen LogP contribution in [0.1, 0.15) is 24.6 Å². The van der Waals surface area contributed by atoms with Gasteiger partial charge in [0.1, 0.15) is 6.54 Å². The van der Waals surface area contributed by atoms with E-state index in [1.54, 1.807) is 18.5 Å². The summed E-state index contributed by atoms with van der Waals surface area (Å²) in [7, 11) is 0. The molecule has 7 heteroatoms. The lowest BCUT2D eigenvalue weighted by atomic mass is 10.1. The second-order valence-electron chi connectivity index (χ2n) is 6.39. The molecular formula is C21H24N4O3. The summed E-state index contributed by atoms with van der Waals surface area (Å²) in [4.78, 5) is 29.1. The van der Waals surface area contributed by atoms with Crippen LogP contribution in [0.3, 0.4) is 0 Å². The molecule has 0 spiro atoms. The quantitative estimate of drug-likeness (QED) is 0.573. The predicted octanol–water partition coefficient (Wildman–Crippen LogP) is 1.93. The molecule has 1 N–H and O–H groups in total. The zero-order valence-corrected chi connectivity index (χ0v) is 15.9. The molecule has 0 aliphatic heterocycles. The van der Waals surface area contributed by atoms with Crippen LogP contribution < -0.4 is 10.9 Å². The first-order valence-corrected chi connectivity index (χ1v) is 9.41. The average Bonchev–Trinajstić information content (AvgIpc) is 2.72. The van der Waals surface area contributed by atoms with Crippen LogP contribution in [0, 0.1) is 0 Å². The van der Waals surface area contributed by atoms with Crippen molar-refractivity contribution in [3.63, 3.8) is 0 Å². The van der Waals surface area contributed by atoms with Crippen LogP contribution in [0.5, 0.6) is 0 Å². The molecule has 0 unspecified atom stereocenters. The third kappa shape index (κ3) is 5.01. The van der Waals surface area contributed by atoms with Crippen LogP contribution in [0.2, 0.25) is 0 Å². The maximum Gasteiger partial charge on any atom is 0.275 e. The van der Waals surface area contributed by atoms with Gasteiger partial charge in [0.15, 0.2) is 0 Å². The SMILES string of the molecule is CCOCCCNC(=O)Cn1nc(Cc2cccnc2)c2ccccc2c1=O. The maximum absolute atomic E-state index is 12.8. The predicted molar refractivity (Wildman–Crippen MR) is 107 cm³/mol. The Hall–Kier alpha value is -3.06. The van der Waals surface area contributed by atoms with Gasteiger partial charge in [-0.3, -0.25) is 14.6 Å². The van der Waals surface area contributed by atoms with Crippen LogP contribution in [0.25, 0.3) is 10.8 Å². The summed E-state index contributed by atoms with van der Waals surface area (Å²) in [5, 5.41) is 8.64. The smallest absolute Gasteiger partial charge is 0.275 e. The van der Waals surface area contributed by atoms with E-state index in [0.29, 0.717) is 31.6 Å². The van der Waals surface area contributed by atoms with E-state index in [1.165, 1.54) is 4.68 Å². The van der Waals surface area contributed by atoms with Crippen molar-refractivity contribution in [2.75, 3.05) is 19.8 Å². The van der Waals surface area contributed by atoms with Crippen LogP contribution in [0.4, 0.5) is 0 Å². The number of pyridine rings is 1. The highest BCUT2D eigenvalue weighted by Gasteiger charge is 2.13.